The van der Waals surface area contributed by atoms with Gasteiger partial charge in [0.2, 0.25) is 0 Å². The number of nitrogens with one attached hydrogen (secondary N) is 1. The summed E-state index contributed by atoms with van der Waals surface area (Å²) in [4.78, 5) is 0. The molecule has 28 heavy (non-hydrogen) atoms. The van der Waals surface area contributed by atoms with Crippen molar-refractivity contribution in [2.75, 3.05) is 26.0 Å². The molecule has 4 N–H and O–H groups in total. The van der Waals surface area contributed by atoms with Crippen molar-refractivity contribution in [2.45, 2.75) is 37.5 Å². The number of anilines is 1. The van der Waals surface area contributed by atoms with Crippen molar-refractivity contribution in [2.24, 2.45) is 0 Å². The number of nitrogen functional groups attached to an aromatic ring is 1. The molecule has 0 bridgehead atoms. The van der Waals surface area contributed by atoms with Gasteiger partial charge in [-0.25, -0.2) is 0 Å². The highest BCUT2D eigenvalue weighted by Gasteiger charge is 2.31. The number of ether oxygens (including phenoxy) is 2. The monoisotopic (exact) mass is 382 g/mol. The molecule has 0 saturated carbocycles. The van der Waals surface area contributed by atoms with Crippen molar-refractivity contribution in [1.29, 1.82) is 0 Å². The first-order valence-corrected chi connectivity index (χ1v) is 9.77. The first-order valence-electron chi connectivity index (χ1n) is 9.77. The Morgan fingerprint density at radius 1 is 1.29 bits per heavy atom. The lowest BCUT2D eigenvalue weighted by atomic mass is 10.0. The number of rotatable bonds is 10. The normalized spacial score (nSPS) is 19.2. The lowest BCUT2D eigenvalue weighted by molar-refractivity contribution is 0.0683. The van der Waals surface area contributed by atoms with E-state index >= 15 is 0 Å². The molecule has 0 aliphatic heterocycles. The number of methoxy groups -OCH3 is 1. The molecule has 0 unspecified atom stereocenters. The molecular formula is C23H30N2O3. The highest BCUT2D eigenvalue weighted by molar-refractivity contribution is 5.43. The summed E-state index contributed by atoms with van der Waals surface area (Å²) in [5, 5.41) is 13.9. The molecule has 2 aromatic carbocycles. The first kappa shape index (κ1) is 20.4. The van der Waals surface area contributed by atoms with Crippen LogP contribution in [0, 0.1) is 0 Å². The van der Waals surface area contributed by atoms with Crippen LogP contribution >= 0.6 is 0 Å². The summed E-state index contributed by atoms with van der Waals surface area (Å²) in [6.45, 7) is 4.78. The molecule has 0 saturated heterocycles. The largest absolute Gasteiger partial charge is 0.497 e. The number of fused-ring (bicyclic) bond motifs is 1. The molecule has 0 spiro atoms. The van der Waals surface area contributed by atoms with Crippen molar-refractivity contribution >= 4 is 5.69 Å². The van der Waals surface area contributed by atoms with Gasteiger partial charge in [-0.1, -0.05) is 24.3 Å². The molecule has 1 aliphatic rings. The molecule has 0 fully saturated rings. The SMILES string of the molecule is C=CCO[C@@H]1C[C@H](NC[C@H](O)CCc2cccc(N)c2)c2cc(OC)ccc21. The Labute approximate surface area is 167 Å². The summed E-state index contributed by atoms with van der Waals surface area (Å²) in [5.74, 6) is 0.831. The van der Waals surface area contributed by atoms with Gasteiger partial charge in [-0.05, 0) is 60.2 Å². The van der Waals surface area contributed by atoms with Crippen molar-refractivity contribution in [3.63, 3.8) is 0 Å². The van der Waals surface area contributed by atoms with Gasteiger partial charge < -0.3 is 25.6 Å². The van der Waals surface area contributed by atoms with E-state index in [-0.39, 0.29) is 12.1 Å². The van der Waals surface area contributed by atoms with Crippen LogP contribution in [0.25, 0.3) is 0 Å². The first-order chi connectivity index (χ1) is 13.6. The molecule has 0 heterocycles. The highest BCUT2D eigenvalue weighted by atomic mass is 16.5. The number of aryl methyl sites for hydroxylation is 1. The third kappa shape index (κ3) is 5.13. The molecule has 0 aromatic heterocycles. The van der Waals surface area contributed by atoms with Crippen molar-refractivity contribution in [3.8, 4) is 5.75 Å². The maximum atomic E-state index is 10.4. The predicted octanol–water partition coefficient (Wildman–Crippen LogP) is 3.55. The number of nitrogens with two attached hydrogens (primary N) is 1. The Hall–Kier alpha value is -2.34. The summed E-state index contributed by atoms with van der Waals surface area (Å²) in [5.41, 5.74) is 10.1. The van der Waals surface area contributed by atoms with Crippen molar-refractivity contribution < 1.29 is 14.6 Å². The van der Waals surface area contributed by atoms with Gasteiger partial charge in [0.1, 0.15) is 5.75 Å². The molecule has 3 rings (SSSR count). The zero-order valence-corrected chi connectivity index (χ0v) is 16.4. The minimum atomic E-state index is -0.427. The number of aliphatic hydroxyl groups excluding tert-OH is 1. The molecule has 1 aliphatic carbocycles. The van der Waals surface area contributed by atoms with Crippen LogP contribution in [0.15, 0.2) is 55.1 Å². The third-order valence-electron chi connectivity index (χ3n) is 5.20. The van der Waals surface area contributed by atoms with Gasteiger partial charge in [0, 0.05) is 18.3 Å². The summed E-state index contributed by atoms with van der Waals surface area (Å²) < 4.78 is 11.3. The zero-order chi connectivity index (χ0) is 19.9. The number of hydrogen-bond donors (Lipinski definition) is 3. The van der Waals surface area contributed by atoms with Crippen LogP contribution in [0.3, 0.4) is 0 Å². The number of benzene rings is 2. The van der Waals surface area contributed by atoms with Crippen molar-refractivity contribution in [3.05, 3.63) is 71.8 Å². The molecule has 0 amide bonds. The van der Waals surface area contributed by atoms with Crippen LogP contribution in [0.2, 0.25) is 0 Å². The molecular weight excluding hydrogens is 352 g/mol. The second-order valence-electron chi connectivity index (χ2n) is 7.24. The maximum absolute atomic E-state index is 10.4. The van der Waals surface area contributed by atoms with E-state index in [0.717, 1.165) is 29.8 Å². The quantitative estimate of drug-likeness (QED) is 0.433. The molecule has 5 nitrogen and oxygen atoms in total. The standard InChI is InChI=1S/C23H30N2O3/c1-3-11-28-23-14-22(21-13-19(27-2)9-10-20(21)23)25-15-18(26)8-7-16-5-4-6-17(24)12-16/h3-6,9-10,12-13,18,22-23,25-26H,1,7-8,11,14-15,24H2,2H3/t18-,22+,23-/m1/s1. The zero-order valence-electron chi connectivity index (χ0n) is 16.4. The van der Waals surface area contributed by atoms with Crippen LogP contribution in [0.1, 0.15) is 41.7 Å². The summed E-state index contributed by atoms with van der Waals surface area (Å²) in [7, 11) is 1.67. The predicted molar refractivity (Wildman–Crippen MR) is 112 cm³/mol. The lowest BCUT2D eigenvalue weighted by Crippen LogP contribution is -2.30. The maximum Gasteiger partial charge on any atom is 0.119 e. The Morgan fingerprint density at radius 2 is 2.14 bits per heavy atom. The lowest BCUT2D eigenvalue weighted by Gasteiger charge is -2.18. The highest BCUT2D eigenvalue weighted by Crippen LogP contribution is 2.42. The van der Waals surface area contributed by atoms with Gasteiger partial charge in [-0.15, -0.1) is 6.58 Å². The van der Waals surface area contributed by atoms with Gasteiger partial charge in [-0.2, -0.15) is 0 Å². The smallest absolute Gasteiger partial charge is 0.119 e. The van der Waals surface area contributed by atoms with Crippen LogP contribution in [0.4, 0.5) is 5.69 Å². The fraction of sp³-hybridized carbons (Fsp3) is 0.391. The molecule has 150 valence electrons. The fourth-order valence-electron chi connectivity index (χ4n) is 3.74. The van der Waals surface area contributed by atoms with Crippen molar-refractivity contribution in [1.82, 2.24) is 5.32 Å². The Morgan fingerprint density at radius 3 is 2.89 bits per heavy atom. The molecule has 0 radical (unpaired) electrons. The minimum absolute atomic E-state index is 0.0286. The topological polar surface area (TPSA) is 76.7 Å². The fourth-order valence-corrected chi connectivity index (χ4v) is 3.74. The Balaban J connectivity index is 1.58. The number of hydrogen-bond acceptors (Lipinski definition) is 5. The molecule has 2 aromatic rings. The molecule has 3 atom stereocenters. The van der Waals surface area contributed by atoms with Crippen LogP contribution < -0.4 is 15.8 Å². The van der Waals surface area contributed by atoms with E-state index in [4.69, 9.17) is 15.2 Å². The minimum Gasteiger partial charge on any atom is -0.497 e. The van der Waals surface area contributed by atoms with Gasteiger partial charge >= 0.3 is 0 Å². The Kier molecular flexibility index (Phi) is 7.09. The van der Waals surface area contributed by atoms with Gasteiger partial charge in [-0.3, -0.25) is 0 Å². The summed E-state index contributed by atoms with van der Waals surface area (Å²) >= 11 is 0. The summed E-state index contributed by atoms with van der Waals surface area (Å²) in [6.07, 6.45) is 3.69. The van der Waals surface area contributed by atoms with Gasteiger partial charge in [0.25, 0.3) is 0 Å². The molecule has 5 heteroatoms. The van der Waals surface area contributed by atoms with Crippen LogP contribution in [-0.4, -0.2) is 31.5 Å². The summed E-state index contributed by atoms with van der Waals surface area (Å²) in [6, 6.07) is 14.0. The average Bonchev–Trinajstić information content (AvgIpc) is 3.06. The van der Waals surface area contributed by atoms with E-state index in [1.807, 2.05) is 30.3 Å². The van der Waals surface area contributed by atoms with E-state index in [9.17, 15) is 5.11 Å². The number of aliphatic hydroxyl groups is 1. The third-order valence-corrected chi connectivity index (χ3v) is 5.20. The average molecular weight is 383 g/mol. The second-order valence-corrected chi connectivity index (χ2v) is 7.24. The van der Waals surface area contributed by atoms with Gasteiger partial charge in [0.15, 0.2) is 0 Å². The Bertz CT molecular complexity index is 793. The van der Waals surface area contributed by atoms with E-state index in [1.54, 1.807) is 13.2 Å². The van der Waals surface area contributed by atoms with E-state index < -0.39 is 6.10 Å². The van der Waals surface area contributed by atoms with E-state index in [1.165, 1.54) is 11.1 Å². The van der Waals surface area contributed by atoms with E-state index in [2.05, 4.69) is 24.0 Å². The van der Waals surface area contributed by atoms with E-state index in [0.29, 0.717) is 19.6 Å². The second kappa shape index (κ2) is 9.73. The van der Waals surface area contributed by atoms with Gasteiger partial charge in [0.05, 0.1) is 25.9 Å². The van der Waals surface area contributed by atoms with Crippen LogP contribution in [-0.2, 0) is 11.2 Å². The van der Waals surface area contributed by atoms with Crippen LogP contribution in [0.5, 0.6) is 5.75 Å².